The first kappa shape index (κ1) is 13.0. The second-order valence-electron chi connectivity index (χ2n) is 6.20. The molecule has 2 fully saturated rings. The van der Waals surface area contributed by atoms with Crippen LogP contribution in [0.4, 0.5) is 0 Å². The van der Waals surface area contributed by atoms with E-state index in [4.69, 9.17) is 4.74 Å². The molecule has 2 rings (SSSR count). The molecule has 3 heteroatoms. The van der Waals surface area contributed by atoms with E-state index >= 15 is 0 Å². The summed E-state index contributed by atoms with van der Waals surface area (Å²) in [6, 6.07) is 0.156. The predicted octanol–water partition coefficient (Wildman–Crippen LogP) is 2.39. The van der Waals surface area contributed by atoms with Gasteiger partial charge in [-0.05, 0) is 33.6 Å². The number of ketones is 1. The maximum atomic E-state index is 12.1. The van der Waals surface area contributed by atoms with Gasteiger partial charge in [0.05, 0.1) is 17.7 Å². The number of Topliss-reactive ketones (excluding diaryl/α,β-unsaturated/α-hetero) is 1. The Morgan fingerprint density at radius 1 is 1.29 bits per heavy atom. The first-order valence-electron chi connectivity index (χ1n) is 6.92. The Kier molecular flexibility index (Phi) is 3.88. The molecule has 2 unspecified atom stereocenters. The van der Waals surface area contributed by atoms with Crippen LogP contribution in [0.3, 0.4) is 0 Å². The Morgan fingerprint density at radius 3 is 2.76 bits per heavy atom. The van der Waals surface area contributed by atoms with Crippen LogP contribution in [0.2, 0.25) is 0 Å². The van der Waals surface area contributed by atoms with Crippen molar-refractivity contribution in [2.75, 3.05) is 13.1 Å². The smallest absolute Gasteiger partial charge is 0.149 e. The quantitative estimate of drug-likeness (QED) is 0.658. The summed E-state index contributed by atoms with van der Waals surface area (Å²) in [7, 11) is 0. The highest BCUT2D eigenvalue weighted by Gasteiger charge is 2.37. The average molecular weight is 239 g/mol. The normalized spacial score (nSPS) is 35.6. The van der Waals surface area contributed by atoms with Crippen molar-refractivity contribution in [3.63, 3.8) is 0 Å². The third-order valence-corrected chi connectivity index (χ3v) is 3.81. The Labute approximate surface area is 105 Å². The number of carbonyl (C=O) groups is 1. The SMILES string of the molecule is CC1CN(C2CCCCCC2=O)CC(C)(C)O1. The minimum atomic E-state index is -0.121. The van der Waals surface area contributed by atoms with Crippen molar-refractivity contribution in [1.82, 2.24) is 4.90 Å². The molecular weight excluding hydrogens is 214 g/mol. The van der Waals surface area contributed by atoms with Gasteiger partial charge in [0, 0.05) is 19.5 Å². The zero-order chi connectivity index (χ0) is 12.5. The average Bonchev–Trinajstić information content (AvgIpc) is 2.39. The lowest BCUT2D eigenvalue weighted by atomic mass is 9.99. The lowest BCUT2D eigenvalue weighted by Crippen LogP contribution is -2.56. The van der Waals surface area contributed by atoms with Gasteiger partial charge in [-0.25, -0.2) is 0 Å². The summed E-state index contributed by atoms with van der Waals surface area (Å²) in [5.74, 6) is 0.451. The van der Waals surface area contributed by atoms with Crippen LogP contribution in [0.15, 0.2) is 0 Å². The molecule has 1 saturated carbocycles. The molecule has 0 aromatic heterocycles. The second kappa shape index (κ2) is 5.07. The molecule has 0 bridgehead atoms. The zero-order valence-corrected chi connectivity index (χ0v) is 11.4. The lowest BCUT2D eigenvalue weighted by molar-refractivity contribution is -0.148. The van der Waals surface area contributed by atoms with Crippen molar-refractivity contribution in [2.24, 2.45) is 0 Å². The molecule has 0 aromatic rings. The van der Waals surface area contributed by atoms with Gasteiger partial charge in [0.25, 0.3) is 0 Å². The third-order valence-electron chi connectivity index (χ3n) is 3.81. The summed E-state index contributed by atoms with van der Waals surface area (Å²) in [5, 5.41) is 0. The number of hydrogen-bond donors (Lipinski definition) is 0. The minimum Gasteiger partial charge on any atom is -0.370 e. The van der Waals surface area contributed by atoms with Gasteiger partial charge in [0.1, 0.15) is 5.78 Å². The van der Waals surface area contributed by atoms with Crippen LogP contribution in [-0.2, 0) is 9.53 Å². The van der Waals surface area contributed by atoms with Crippen LogP contribution in [0.25, 0.3) is 0 Å². The number of ether oxygens (including phenoxy) is 1. The zero-order valence-electron chi connectivity index (χ0n) is 11.4. The molecule has 0 amide bonds. The predicted molar refractivity (Wildman–Crippen MR) is 68.1 cm³/mol. The lowest BCUT2D eigenvalue weighted by Gasteiger charge is -2.44. The van der Waals surface area contributed by atoms with E-state index < -0.39 is 0 Å². The number of nitrogens with zero attached hydrogens (tertiary/aromatic N) is 1. The fourth-order valence-corrected chi connectivity index (χ4v) is 3.27. The molecule has 98 valence electrons. The summed E-state index contributed by atoms with van der Waals surface area (Å²) in [6.07, 6.45) is 5.54. The molecule has 17 heavy (non-hydrogen) atoms. The summed E-state index contributed by atoms with van der Waals surface area (Å²) in [4.78, 5) is 14.5. The molecule has 1 heterocycles. The van der Waals surface area contributed by atoms with Crippen LogP contribution in [0.1, 0.15) is 52.9 Å². The van der Waals surface area contributed by atoms with E-state index in [0.717, 1.165) is 32.4 Å². The Bertz CT molecular complexity index is 288. The molecule has 0 aromatic carbocycles. The van der Waals surface area contributed by atoms with Gasteiger partial charge in [0.15, 0.2) is 0 Å². The van der Waals surface area contributed by atoms with Gasteiger partial charge < -0.3 is 4.74 Å². The van der Waals surface area contributed by atoms with Crippen molar-refractivity contribution >= 4 is 5.78 Å². The largest absolute Gasteiger partial charge is 0.370 e. The van der Waals surface area contributed by atoms with Gasteiger partial charge in [-0.15, -0.1) is 0 Å². The maximum Gasteiger partial charge on any atom is 0.149 e. The summed E-state index contributed by atoms with van der Waals surface area (Å²) in [5.41, 5.74) is -0.121. The van der Waals surface area contributed by atoms with E-state index in [1.807, 2.05) is 0 Å². The van der Waals surface area contributed by atoms with Gasteiger partial charge in [-0.2, -0.15) is 0 Å². The molecule has 0 N–H and O–H groups in total. The van der Waals surface area contributed by atoms with E-state index in [9.17, 15) is 4.79 Å². The Balaban J connectivity index is 2.06. The van der Waals surface area contributed by atoms with E-state index in [-0.39, 0.29) is 17.7 Å². The van der Waals surface area contributed by atoms with Crippen molar-refractivity contribution in [1.29, 1.82) is 0 Å². The second-order valence-corrected chi connectivity index (χ2v) is 6.20. The van der Waals surface area contributed by atoms with E-state index in [1.54, 1.807) is 0 Å². The van der Waals surface area contributed by atoms with Crippen LogP contribution in [0.5, 0.6) is 0 Å². The summed E-state index contributed by atoms with van der Waals surface area (Å²) < 4.78 is 5.91. The van der Waals surface area contributed by atoms with Crippen molar-refractivity contribution in [3.8, 4) is 0 Å². The molecule has 0 radical (unpaired) electrons. The number of rotatable bonds is 1. The molecule has 3 nitrogen and oxygen atoms in total. The molecule has 1 aliphatic heterocycles. The van der Waals surface area contributed by atoms with Crippen LogP contribution in [-0.4, -0.2) is 41.5 Å². The number of morpholine rings is 1. The van der Waals surface area contributed by atoms with Crippen LogP contribution in [0, 0.1) is 0 Å². The van der Waals surface area contributed by atoms with Crippen molar-refractivity contribution in [2.45, 2.75) is 70.6 Å². The molecule has 1 saturated heterocycles. The molecule has 2 atom stereocenters. The molecule has 0 spiro atoms. The number of carbonyl (C=O) groups excluding carboxylic acids is 1. The van der Waals surface area contributed by atoms with Gasteiger partial charge in [0.2, 0.25) is 0 Å². The first-order chi connectivity index (χ1) is 7.98. The fourth-order valence-electron chi connectivity index (χ4n) is 3.27. The van der Waals surface area contributed by atoms with Crippen molar-refractivity contribution in [3.05, 3.63) is 0 Å². The van der Waals surface area contributed by atoms with E-state index in [2.05, 4.69) is 25.7 Å². The van der Waals surface area contributed by atoms with Gasteiger partial charge >= 0.3 is 0 Å². The number of hydrogen-bond acceptors (Lipinski definition) is 3. The monoisotopic (exact) mass is 239 g/mol. The Morgan fingerprint density at radius 2 is 2.06 bits per heavy atom. The summed E-state index contributed by atoms with van der Waals surface area (Å²) >= 11 is 0. The third kappa shape index (κ3) is 3.29. The van der Waals surface area contributed by atoms with Crippen LogP contribution < -0.4 is 0 Å². The highest BCUT2D eigenvalue weighted by molar-refractivity contribution is 5.84. The molecular formula is C14H25NO2. The highest BCUT2D eigenvalue weighted by atomic mass is 16.5. The molecule has 2 aliphatic rings. The van der Waals surface area contributed by atoms with Crippen LogP contribution >= 0.6 is 0 Å². The van der Waals surface area contributed by atoms with E-state index in [0.29, 0.717) is 5.78 Å². The minimum absolute atomic E-state index is 0.121. The van der Waals surface area contributed by atoms with Gasteiger partial charge in [-0.1, -0.05) is 12.8 Å². The van der Waals surface area contributed by atoms with E-state index in [1.165, 1.54) is 12.8 Å². The molecule has 1 aliphatic carbocycles. The first-order valence-corrected chi connectivity index (χ1v) is 6.92. The fraction of sp³-hybridized carbons (Fsp3) is 0.929. The Hall–Kier alpha value is -0.410. The van der Waals surface area contributed by atoms with Crippen molar-refractivity contribution < 1.29 is 9.53 Å². The highest BCUT2D eigenvalue weighted by Crippen LogP contribution is 2.26. The summed E-state index contributed by atoms with van der Waals surface area (Å²) in [6.45, 7) is 8.14. The van der Waals surface area contributed by atoms with Gasteiger partial charge in [-0.3, -0.25) is 9.69 Å². The standard InChI is InChI=1S/C14H25NO2/c1-11-9-15(10-14(2,3)17-11)12-7-5-4-6-8-13(12)16/h11-12H,4-10H2,1-3H3. The topological polar surface area (TPSA) is 29.5 Å². The maximum absolute atomic E-state index is 12.1.